The average Bonchev–Trinajstić information content (AvgIpc) is 2.17. The molecule has 1 aromatic heterocycles. The summed E-state index contributed by atoms with van der Waals surface area (Å²) in [6, 6.07) is 0. The molecule has 0 saturated heterocycles. The SMILES string of the molecule is CCC.Cc1nnc(C)s1. The summed E-state index contributed by atoms with van der Waals surface area (Å²) in [5.74, 6) is 0. The van der Waals surface area contributed by atoms with E-state index in [-0.39, 0.29) is 0 Å². The van der Waals surface area contributed by atoms with Crippen molar-refractivity contribution in [2.24, 2.45) is 0 Å². The van der Waals surface area contributed by atoms with E-state index in [0.717, 1.165) is 10.0 Å². The first-order chi connectivity index (χ1) is 4.70. The Labute approximate surface area is 66.3 Å². The minimum absolute atomic E-state index is 1.04. The fraction of sp³-hybridized carbons (Fsp3) is 0.714. The lowest BCUT2D eigenvalue weighted by atomic mass is 10.6. The van der Waals surface area contributed by atoms with Crippen LogP contribution in [0.2, 0.25) is 0 Å². The average molecular weight is 158 g/mol. The van der Waals surface area contributed by atoms with Gasteiger partial charge in [-0.05, 0) is 13.8 Å². The monoisotopic (exact) mass is 158 g/mol. The highest BCUT2D eigenvalue weighted by molar-refractivity contribution is 7.11. The molecule has 10 heavy (non-hydrogen) atoms. The molecule has 3 heteroatoms. The van der Waals surface area contributed by atoms with Crippen LogP contribution in [0.3, 0.4) is 0 Å². The molecule has 0 atom stereocenters. The first-order valence-electron chi connectivity index (χ1n) is 3.47. The van der Waals surface area contributed by atoms with Gasteiger partial charge in [0, 0.05) is 0 Å². The van der Waals surface area contributed by atoms with Crippen molar-refractivity contribution in [2.45, 2.75) is 34.1 Å². The third-order valence-electron chi connectivity index (χ3n) is 0.627. The van der Waals surface area contributed by atoms with E-state index >= 15 is 0 Å². The van der Waals surface area contributed by atoms with E-state index in [4.69, 9.17) is 0 Å². The Kier molecular flexibility index (Phi) is 5.12. The molecule has 0 saturated carbocycles. The van der Waals surface area contributed by atoms with Gasteiger partial charge in [0.1, 0.15) is 10.0 Å². The zero-order chi connectivity index (χ0) is 7.98. The normalized spacial score (nSPS) is 8.40. The van der Waals surface area contributed by atoms with Crippen molar-refractivity contribution in [1.82, 2.24) is 10.2 Å². The van der Waals surface area contributed by atoms with Gasteiger partial charge in [-0.2, -0.15) is 0 Å². The molecule has 1 rings (SSSR count). The highest BCUT2D eigenvalue weighted by Crippen LogP contribution is 2.03. The quantitative estimate of drug-likeness (QED) is 0.580. The molecule has 0 N–H and O–H groups in total. The maximum atomic E-state index is 3.78. The van der Waals surface area contributed by atoms with E-state index in [1.54, 1.807) is 11.3 Å². The van der Waals surface area contributed by atoms with Crippen molar-refractivity contribution < 1.29 is 0 Å². The largest absolute Gasteiger partial charge is 0.144 e. The standard InChI is InChI=1S/C4H6N2S.C3H8/c1-3-5-6-4(2)7-3;1-3-2/h1-2H3;3H2,1-2H3. The van der Waals surface area contributed by atoms with Crippen molar-refractivity contribution >= 4 is 11.3 Å². The summed E-state index contributed by atoms with van der Waals surface area (Å²) in [4.78, 5) is 0. The second-order valence-corrected chi connectivity index (χ2v) is 3.43. The molecule has 0 fully saturated rings. The molecule has 0 aliphatic carbocycles. The summed E-state index contributed by atoms with van der Waals surface area (Å²) >= 11 is 1.62. The Bertz CT molecular complexity index is 155. The van der Waals surface area contributed by atoms with Crippen LogP contribution < -0.4 is 0 Å². The van der Waals surface area contributed by atoms with Crippen molar-refractivity contribution in [3.63, 3.8) is 0 Å². The van der Waals surface area contributed by atoms with Gasteiger partial charge in [0.25, 0.3) is 0 Å². The van der Waals surface area contributed by atoms with Gasteiger partial charge in [-0.1, -0.05) is 20.3 Å². The highest BCUT2D eigenvalue weighted by atomic mass is 32.1. The Morgan fingerprint density at radius 1 is 1.10 bits per heavy atom. The predicted octanol–water partition coefficient (Wildman–Crippen LogP) is 2.57. The first kappa shape index (κ1) is 9.56. The van der Waals surface area contributed by atoms with Crippen molar-refractivity contribution in [1.29, 1.82) is 0 Å². The number of aryl methyl sites for hydroxylation is 2. The van der Waals surface area contributed by atoms with Crippen LogP contribution in [0.5, 0.6) is 0 Å². The van der Waals surface area contributed by atoms with Crippen LogP contribution >= 0.6 is 11.3 Å². The van der Waals surface area contributed by atoms with Gasteiger partial charge in [-0.25, -0.2) is 0 Å². The predicted molar refractivity (Wildman–Crippen MR) is 45.3 cm³/mol. The van der Waals surface area contributed by atoms with E-state index in [0.29, 0.717) is 0 Å². The number of nitrogens with zero attached hydrogens (tertiary/aromatic N) is 2. The summed E-state index contributed by atoms with van der Waals surface area (Å²) in [5.41, 5.74) is 0. The number of aromatic nitrogens is 2. The molecular weight excluding hydrogens is 144 g/mol. The van der Waals surface area contributed by atoms with E-state index in [1.165, 1.54) is 6.42 Å². The highest BCUT2D eigenvalue weighted by Gasteiger charge is 1.88. The van der Waals surface area contributed by atoms with Crippen LogP contribution in [0, 0.1) is 13.8 Å². The van der Waals surface area contributed by atoms with Gasteiger partial charge in [0.05, 0.1) is 0 Å². The molecule has 0 aromatic carbocycles. The smallest absolute Gasteiger partial charge is 0.114 e. The fourth-order valence-electron chi connectivity index (χ4n) is 0.395. The summed E-state index contributed by atoms with van der Waals surface area (Å²) in [5, 5.41) is 9.65. The molecule has 0 aliphatic heterocycles. The molecule has 1 aromatic rings. The molecule has 0 spiro atoms. The van der Waals surface area contributed by atoms with E-state index in [2.05, 4.69) is 24.0 Å². The zero-order valence-corrected chi connectivity index (χ0v) is 7.83. The van der Waals surface area contributed by atoms with Gasteiger partial charge in [0.2, 0.25) is 0 Å². The molecule has 58 valence electrons. The van der Waals surface area contributed by atoms with Crippen LogP contribution in [0.15, 0.2) is 0 Å². The van der Waals surface area contributed by atoms with Gasteiger partial charge in [-0.15, -0.1) is 21.5 Å². The van der Waals surface area contributed by atoms with Crippen LogP contribution in [0.4, 0.5) is 0 Å². The lowest BCUT2D eigenvalue weighted by Crippen LogP contribution is -1.68. The summed E-state index contributed by atoms with van der Waals surface area (Å²) in [6.45, 7) is 8.15. The van der Waals surface area contributed by atoms with Crippen LogP contribution in [-0.4, -0.2) is 10.2 Å². The third-order valence-corrected chi connectivity index (χ3v) is 1.38. The minimum Gasteiger partial charge on any atom is -0.144 e. The Hall–Kier alpha value is -0.440. The number of rotatable bonds is 0. The molecule has 0 aliphatic rings. The van der Waals surface area contributed by atoms with Gasteiger partial charge < -0.3 is 0 Å². The number of hydrogen-bond acceptors (Lipinski definition) is 3. The van der Waals surface area contributed by atoms with E-state index in [9.17, 15) is 0 Å². The molecule has 0 radical (unpaired) electrons. The summed E-state index contributed by atoms with van der Waals surface area (Å²) < 4.78 is 0. The van der Waals surface area contributed by atoms with Gasteiger partial charge in [0.15, 0.2) is 0 Å². The minimum atomic E-state index is 1.04. The van der Waals surface area contributed by atoms with Crippen LogP contribution in [0.1, 0.15) is 30.3 Å². The van der Waals surface area contributed by atoms with Crippen molar-refractivity contribution in [2.75, 3.05) is 0 Å². The lowest BCUT2D eigenvalue weighted by molar-refractivity contribution is 1.02. The molecular formula is C7H14N2S. The van der Waals surface area contributed by atoms with Gasteiger partial charge >= 0.3 is 0 Å². The first-order valence-corrected chi connectivity index (χ1v) is 4.29. The van der Waals surface area contributed by atoms with Gasteiger partial charge in [-0.3, -0.25) is 0 Å². The zero-order valence-electron chi connectivity index (χ0n) is 7.01. The maximum absolute atomic E-state index is 3.78. The second-order valence-electron chi connectivity index (χ2n) is 2.05. The van der Waals surface area contributed by atoms with E-state index in [1.807, 2.05) is 13.8 Å². The molecule has 0 amide bonds. The summed E-state index contributed by atoms with van der Waals surface area (Å²) in [6.07, 6.45) is 1.25. The number of hydrogen-bond donors (Lipinski definition) is 0. The third kappa shape index (κ3) is 4.44. The second kappa shape index (κ2) is 5.35. The lowest BCUT2D eigenvalue weighted by Gasteiger charge is -1.65. The van der Waals surface area contributed by atoms with Crippen LogP contribution in [0.25, 0.3) is 0 Å². The van der Waals surface area contributed by atoms with Crippen molar-refractivity contribution in [3.05, 3.63) is 10.0 Å². The van der Waals surface area contributed by atoms with E-state index < -0.39 is 0 Å². The maximum Gasteiger partial charge on any atom is 0.114 e. The van der Waals surface area contributed by atoms with Crippen LogP contribution in [-0.2, 0) is 0 Å². The van der Waals surface area contributed by atoms with Crippen molar-refractivity contribution in [3.8, 4) is 0 Å². The molecule has 1 heterocycles. The fourth-order valence-corrected chi connectivity index (χ4v) is 0.986. The Balaban J connectivity index is 0.000000236. The molecule has 0 unspecified atom stereocenters. The Morgan fingerprint density at radius 3 is 1.50 bits per heavy atom. The topological polar surface area (TPSA) is 25.8 Å². The molecule has 0 bridgehead atoms. The summed E-state index contributed by atoms with van der Waals surface area (Å²) in [7, 11) is 0. The molecule has 2 nitrogen and oxygen atoms in total. The Morgan fingerprint density at radius 2 is 1.40 bits per heavy atom.